The van der Waals surface area contributed by atoms with Gasteiger partial charge in [-0.15, -0.1) is 0 Å². The SMILES string of the molecule is CC(C)NC(=O)c1nn(Cc2ccccc2)c2ccccc12. The van der Waals surface area contributed by atoms with Gasteiger partial charge in [-0.2, -0.15) is 5.10 Å². The van der Waals surface area contributed by atoms with Crippen LogP contribution in [0.1, 0.15) is 29.9 Å². The van der Waals surface area contributed by atoms with Crippen LogP contribution in [0.3, 0.4) is 0 Å². The Morgan fingerprint density at radius 3 is 2.50 bits per heavy atom. The summed E-state index contributed by atoms with van der Waals surface area (Å²) in [5, 5.41) is 8.34. The van der Waals surface area contributed by atoms with Gasteiger partial charge in [-0.05, 0) is 25.5 Å². The maximum atomic E-state index is 12.3. The van der Waals surface area contributed by atoms with Gasteiger partial charge in [0.25, 0.3) is 5.91 Å². The summed E-state index contributed by atoms with van der Waals surface area (Å²) in [7, 11) is 0. The zero-order valence-electron chi connectivity index (χ0n) is 12.8. The molecule has 0 aliphatic heterocycles. The first-order valence-corrected chi connectivity index (χ1v) is 7.45. The van der Waals surface area contributed by atoms with Gasteiger partial charge in [-0.1, -0.05) is 48.5 Å². The van der Waals surface area contributed by atoms with Crippen LogP contribution in [0.15, 0.2) is 54.6 Å². The monoisotopic (exact) mass is 293 g/mol. The fraction of sp³-hybridized carbons (Fsp3) is 0.222. The third-order valence-electron chi connectivity index (χ3n) is 3.47. The molecule has 0 atom stereocenters. The Balaban J connectivity index is 2.02. The molecule has 0 spiro atoms. The zero-order valence-corrected chi connectivity index (χ0v) is 12.8. The molecule has 1 heterocycles. The number of rotatable bonds is 4. The van der Waals surface area contributed by atoms with Gasteiger partial charge in [-0.25, -0.2) is 0 Å². The number of aromatic nitrogens is 2. The number of carbonyl (C=O) groups excluding carboxylic acids is 1. The lowest BCUT2D eigenvalue weighted by Gasteiger charge is -2.06. The van der Waals surface area contributed by atoms with Crippen LogP contribution in [0.25, 0.3) is 10.9 Å². The highest BCUT2D eigenvalue weighted by Crippen LogP contribution is 2.19. The van der Waals surface area contributed by atoms with Crippen LogP contribution in [0, 0.1) is 0 Å². The fourth-order valence-electron chi connectivity index (χ4n) is 2.50. The molecule has 1 N–H and O–H groups in total. The second-order valence-corrected chi connectivity index (χ2v) is 5.64. The zero-order chi connectivity index (χ0) is 15.5. The molecule has 0 saturated carbocycles. The molecule has 0 fully saturated rings. The maximum absolute atomic E-state index is 12.3. The van der Waals surface area contributed by atoms with E-state index in [9.17, 15) is 4.79 Å². The molecule has 0 saturated heterocycles. The fourth-order valence-corrected chi connectivity index (χ4v) is 2.50. The minimum absolute atomic E-state index is 0.0885. The lowest BCUT2D eigenvalue weighted by Crippen LogP contribution is -2.30. The lowest BCUT2D eigenvalue weighted by molar-refractivity contribution is 0.0939. The van der Waals surface area contributed by atoms with Gasteiger partial charge >= 0.3 is 0 Å². The van der Waals surface area contributed by atoms with Crippen LogP contribution in [-0.2, 0) is 6.54 Å². The van der Waals surface area contributed by atoms with Gasteiger partial charge in [0.2, 0.25) is 0 Å². The molecule has 3 rings (SSSR count). The second-order valence-electron chi connectivity index (χ2n) is 5.64. The molecule has 0 bridgehead atoms. The summed E-state index contributed by atoms with van der Waals surface area (Å²) < 4.78 is 1.89. The highest BCUT2D eigenvalue weighted by atomic mass is 16.2. The Bertz CT molecular complexity index is 790. The van der Waals surface area contributed by atoms with E-state index in [0.717, 1.165) is 16.5 Å². The normalized spacial score (nSPS) is 11.0. The number of hydrogen-bond acceptors (Lipinski definition) is 2. The smallest absolute Gasteiger partial charge is 0.272 e. The quantitative estimate of drug-likeness (QED) is 0.803. The molecule has 4 nitrogen and oxygen atoms in total. The molecule has 0 radical (unpaired) electrons. The van der Waals surface area contributed by atoms with E-state index in [0.29, 0.717) is 12.2 Å². The van der Waals surface area contributed by atoms with E-state index in [1.165, 1.54) is 0 Å². The maximum Gasteiger partial charge on any atom is 0.272 e. The van der Waals surface area contributed by atoms with Crippen LogP contribution in [0.2, 0.25) is 0 Å². The van der Waals surface area contributed by atoms with E-state index >= 15 is 0 Å². The number of hydrogen-bond donors (Lipinski definition) is 1. The van der Waals surface area contributed by atoms with Crippen molar-refractivity contribution in [2.75, 3.05) is 0 Å². The average molecular weight is 293 g/mol. The second kappa shape index (κ2) is 6.02. The Labute approximate surface area is 129 Å². The van der Waals surface area contributed by atoms with Crippen molar-refractivity contribution in [1.82, 2.24) is 15.1 Å². The summed E-state index contributed by atoms with van der Waals surface area (Å²) in [5.74, 6) is -0.127. The van der Waals surface area contributed by atoms with Gasteiger partial charge in [-0.3, -0.25) is 9.48 Å². The molecule has 3 aromatic rings. The highest BCUT2D eigenvalue weighted by molar-refractivity contribution is 6.04. The van der Waals surface area contributed by atoms with E-state index in [2.05, 4.69) is 22.5 Å². The number of nitrogens with zero attached hydrogens (tertiary/aromatic N) is 2. The van der Waals surface area contributed by atoms with Crippen LogP contribution in [-0.4, -0.2) is 21.7 Å². The van der Waals surface area contributed by atoms with Crippen molar-refractivity contribution < 1.29 is 4.79 Å². The lowest BCUT2D eigenvalue weighted by atomic mass is 10.2. The van der Waals surface area contributed by atoms with Crippen molar-refractivity contribution >= 4 is 16.8 Å². The predicted octanol–water partition coefficient (Wildman–Crippen LogP) is 3.22. The van der Waals surface area contributed by atoms with Crippen LogP contribution >= 0.6 is 0 Å². The number of benzene rings is 2. The summed E-state index contributed by atoms with van der Waals surface area (Å²) in [4.78, 5) is 12.3. The van der Waals surface area contributed by atoms with Gasteiger partial charge in [0, 0.05) is 11.4 Å². The molecule has 112 valence electrons. The predicted molar refractivity (Wildman–Crippen MR) is 87.9 cm³/mol. The molecule has 2 aromatic carbocycles. The van der Waals surface area contributed by atoms with Crippen LogP contribution in [0.4, 0.5) is 0 Å². The standard InChI is InChI=1S/C18H19N3O/c1-13(2)19-18(22)17-15-10-6-7-11-16(15)21(20-17)12-14-8-4-3-5-9-14/h3-11,13H,12H2,1-2H3,(H,19,22). The summed E-state index contributed by atoms with van der Waals surface area (Å²) in [6, 6.07) is 18.1. The van der Waals surface area contributed by atoms with Crippen molar-refractivity contribution in [3.8, 4) is 0 Å². The minimum Gasteiger partial charge on any atom is -0.348 e. The average Bonchev–Trinajstić information content (AvgIpc) is 2.87. The van der Waals surface area contributed by atoms with Crippen molar-refractivity contribution in [3.05, 3.63) is 65.9 Å². The Morgan fingerprint density at radius 2 is 1.77 bits per heavy atom. The van der Waals surface area contributed by atoms with Gasteiger partial charge in [0.15, 0.2) is 5.69 Å². The minimum atomic E-state index is -0.127. The highest BCUT2D eigenvalue weighted by Gasteiger charge is 2.17. The van der Waals surface area contributed by atoms with Gasteiger partial charge in [0.1, 0.15) is 0 Å². The Hall–Kier alpha value is -2.62. The van der Waals surface area contributed by atoms with E-state index in [1.807, 2.05) is 61.0 Å². The molecule has 22 heavy (non-hydrogen) atoms. The largest absolute Gasteiger partial charge is 0.348 e. The summed E-state index contributed by atoms with van der Waals surface area (Å²) in [5.41, 5.74) is 2.62. The van der Waals surface area contributed by atoms with E-state index < -0.39 is 0 Å². The third-order valence-corrected chi connectivity index (χ3v) is 3.47. The molecule has 1 amide bonds. The number of nitrogens with one attached hydrogen (secondary N) is 1. The molecule has 0 unspecified atom stereocenters. The van der Waals surface area contributed by atoms with E-state index in [-0.39, 0.29) is 11.9 Å². The third kappa shape index (κ3) is 2.86. The van der Waals surface area contributed by atoms with Crippen LogP contribution < -0.4 is 5.32 Å². The first-order chi connectivity index (χ1) is 10.6. The summed E-state index contributed by atoms with van der Waals surface area (Å²) in [6.45, 7) is 4.54. The number of amides is 1. The summed E-state index contributed by atoms with van der Waals surface area (Å²) >= 11 is 0. The van der Waals surface area contributed by atoms with Gasteiger partial charge < -0.3 is 5.32 Å². The Morgan fingerprint density at radius 1 is 1.09 bits per heavy atom. The molecule has 1 aromatic heterocycles. The number of fused-ring (bicyclic) bond motifs is 1. The molecule has 0 aliphatic rings. The van der Waals surface area contributed by atoms with Crippen molar-refractivity contribution in [2.45, 2.75) is 26.4 Å². The van der Waals surface area contributed by atoms with Crippen molar-refractivity contribution in [2.24, 2.45) is 0 Å². The molecule has 0 aliphatic carbocycles. The topological polar surface area (TPSA) is 46.9 Å². The molecule has 4 heteroatoms. The first-order valence-electron chi connectivity index (χ1n) is 7.45. The first kappa shape index (κ1) is 14.3. The van der Waals surface area contributed by atoms with E-state index in [4.69, 9.17) is 0 Å². The number of carbonyl (C=O) groups is 1. The van der Waals surface area contributed by atoms with Crippen molar-refractivity contribution in [1.29, 1.82) is 0 Å². The summed E-state index contributed by atoms with van der Waals surface area (Å²) in [6.07, 6.45) is 0. The molecular weight excluding hydrogens is 274 g/mol. The molecular formula is C18H19N3O. The van der Waals surface area contributed by atoms with Crippen LogP contribution in [0.5, 0.6) is 0 Å². The Kier molecular flexibility index (Phi) is 3.92. The van der Waals surface area contributed by atoms with Crippen molar-refractivity contribution in [3.63, 3.8) is 0 Å². The van der Waals surface area contributed by atoms with Gasteiger partial charge in [0.05, 0.1) is 12.1 Å². The number of para-hydroxylation sites is 1. The van der Waals surface area contributed by atoms with E-state index in [1.54, 1.807) is 0 Å².